The number of rotatable bonds is 6. The first-order valence-corrected chi connectivity index (χ1v) is 10.0. The van der Waals surface area contributed by atoms with E-state index in [1.165, 1.54) is 0 Å². The van der Waals surface area contributed by atoms with Gasteiger partial charge >= 0.3 is 11.9 Å². The molecule has 1 saturated heterocycles. The summed E-state index contributed by atoms with van der Waals surface area (Å²) in [6.45, 7) is 5.69. The van der Waals surface area contributed by atoms with Crippen LogP contribution in [0.15, 0.2) is 42.5 Å². The van der Waals surface area contributed by atoms with Gasteiger partial charge in [0.15, 0.2) is 0 Å². The highest BCUT2D eigenvalue weighted by atomic mass is 16.6. The lowest BCUT2D eigenvalue weighted by atomic mass is 9.82. The summed E-state index contributed by atoms with van der Waals surface area (Å²) in [4.78, 5) is 24.3. The van der Waals surface area contributed by atoms with E-state index in [-0.39, 0.29) is 29.9 Å². The van der Waals surface area contributed by atoms with Crippen LogP contribution in [0.1, 0.15) is 50.4 Å². The average Bonchev–Trinajstić information content (AvgIpc) is 3.20. The van der Waals surface area contributed by atoms with Gasteiger partial charge in [-0.15, -0.1) is 11.8 Å². The number of esters is 2. The summed E-state index contributed by atoms with van der Waals surface area (Å²) in [5.74, 6) is 5.04. The van der Waals surface area contributed by atoms with Gasteiger partial charge in [0, 0.05) is 30.1 Å². The molecular weight excluding hydrogens is 368 g/mol. The largest absolute Gasteiger partial charge is 0.462 e. The zero-order chi connectivity index (χ0) is 21.0. The van der Waals surface area contributed by atoms with Crippen molar-refractivity contribution in [2.75, 3.05) is 0 Å². The third kappa shape index (κ3) is 4.89. The number of benzene rings is 1. The van der Waals surface area contributed by atoms with Gasteiger partial charge in [-0.2, -0.15) is 0 Å². The molecule has 1 N–H and O–H groups in total. The minimum atomic E-state index is -0.703. The Morgan fingerprint density at radius 2 is 2.10 bits per heavy atom. The van der Waals surface area contributed by atoms with Crippen LogP contribution in [-0.4, -0.2) is 35.4 Å². The van der Waals surface area contributed by atoms with Crippen LogP contribution in [0, 0.1) is 29.1 Å². The fraction of sp³-hybridized carbons (Fsp3) is 0.500. The lowest BCUT2D eigenvalue weighted by Gasteiger charge is -2.27. The molecule has 0 bridgehead atoms. The SMILES string of the molecule is CC#CCC(C)(C)[C@@H](O)C=C[C@@H]1[C@H]2CC(=O)O[C@H]2C[C@H]1OC(=O)c1ccccc1. The molecular formula is C24H28O5. The van der Waals surface area contributed by atoms with E-state index in [0.717, 1.165) is 0 Å². The normalized spacial score (nSPS) is 27.1. The third-order valence-corrected chi connectivity index (χ3v) is 5.86. The van der Waals surface area contributed by atoms with Gasteiger partial charge in [0.1, 0.15) is 12.2 Å². The molecule has 0 amide bonds. The Kier molecular flexibility index (Phi) is 6.44. The van der Waals surface area contributed by atoms with Crippen molar-refractivity contribution in [1.29, 1.82) is 0 Å². The van der Waals surface area contributed by atoms with Gasteiger partial charge in [0.05, 0.1) is 18.1 Å². The van der Waals surface area contributed by atoms with Crippen molar-refractivity contribution in [3.8, 4) is 11.8 Å². The monoisotopic (exact) mass is 396 g/mol. The molecule has 5 nitrogen and oxygen atoms in total. The molecule has 0 spiro atoms. The molecule has 0 radical (unpaired) electrons. The number of aliphatic hydroxyl groups excluding tert-OH is 1. The zero-order valence-corrected chi connectivity index (χ0v) is 17.1. The predicted molar refractivity (Wildman–Crippen MR) is 109 cm³/mol. The summed E-state index contributed by atoms with van der Waals surface area (Å²) in [6.07, 6.45) is 3.64. The summed E-state index contributed by atoms with van der Waals surface area (Å²) in [5, 5.41) is 10.6. The second-order valence-electron chi connectivity index (χ2n) is 8.44. The van der Waals surface area contributed by atoms with E-state index < -0.39 is 17.6 Å². The first kappa shape index (κ1) is 21.1. The summed E-state index contributed by atoms with van der Waals surface area (Å²) in [7, 11) is 0. The molecule has 1 heterocycles. The van der Waals surface area contributed by atoms with Gasteiger partial charge < -0.3 is 14.6 Å². The van der Waals surface area contributed by atoms with E-state index in [1.807, 2.05) is 26.0 Å². The molecule has 3 rings (SSSR count). The molecule has 2 aliphatic rings. The molecule has 0 unspecified atom stereocenters. The quantitative estimate of drug-likeness (QED) is 0.452. The fourth-order valence-corrected chi connectivity index (χ4v) is 3.98. The van der Waals surface area contributed by atoms with Crippen LogP contribution >= 0.6 is 0 Å². The molecule has 2 fully saturated rings. The standard InChI is InChI=1S/C24H28O5/c1-4-5-13-24(2,3)21(25)12-11-17-18-14-22(26)28-20(18)15-19(17)29-23(27)16-9-7-6-8-10-16/h6-12,17-21,25H,13-15H2,1-3H3/t17-,18-,19-,20+,21+/m1/s1. The maximum atomic E-state index is 12.5. The van der Waals surface area contributed by atoms with Crippen LogP contribution in [-0.2, 0) is 14.3 Å². The Morgan fingerprint density at radius 1 is 1.38 bits per heavy atom. The summed E-state index contributed by atoms with van der Waals surface area (Å²) in [6, 6.07) is 8.84. The molecule has 5 heteroatoms. The van der Waals surface area contributed by atoms with Gasteiger partial charge in [-0.3, -0.25) is 4.79 Å². The van der Waals surface area contributed by atoms with Crippen molar-refractivity contribution >= 4 is 11.9 Å². The average molecular weight is 396 g/mol. The highest BCUT2D eigenvalue weighted by molar-refractivity contribution is 5.89. The van der Waals surface area contributed by atoms with Crippen LogP contribution < -0.4 is 0 Å². The van der Waals surface area contributed by atoms with E-state index in [2.05, 4.69) is 11.8 Å². The van der Waals surface area contributed by atoms with Crippen LogP contribution in [0.2, 0.25) is 0 Å². The first-order valence-electron chi connectivity index (χ1n) is 10.0. The maximum Gasteiger partial charge on any atom is 0.338 e. The number of ether oxygens (including phenoxy) is 2. The minimum absolute atomic E-state index is 0.0435. The zero-order valence-electron chi connectivity index (χ0n) is 17.1. The van der Waals surface area contributed by atoms with Gasteiger partial charge in [-0.05, 0) is 19.1 Å². The first-order chi connectivity index (χ1) is 13.8. The Hall–Kier alpha value is -2.58. The molecule has 1 aliphatic carbocycles. The Labute approximate surface area is 172 Å². The van der Waals surface area contributed by atoms with Crippen LogP contribution in [0.5, 0.6) is 0 Å². The number of carbonyl (C=O) groups excluding carboxylic acids is 2. The van der Waals surface area contributed by atoms with Crippen molar-refractivity contribution in [3.63, 3.8) is 0 Å². The van der Waals surface area contributed by atoms with Crippen molar-refractivity contribution in [2.24, 2.45) is 17.3 Å². The van der Waals surface area contributed by atoms with E-state index in [4.69, 9.17) is 9.47 Å². The lowest BCUT2D eigenvalue weighted by Crippen LogP contribution is -2.28. The summed E-state index contributed by atoms with van der Waals surface area (Å²) in [5.41, 5.74) is 0.0824. The van der Waals surface area contributed by atoms with Crippen LogP contribution in [0.25, 0.3) is 0 Å². The topological polar surface area (TPSA) is 72.8 Å². The van der Waals surface area contributed by atoms with Crippen molar-refractivity contribution in [1.82, 2.24) is 0 Å². The van der Waals surface area contributed by atoms with E-state index >= 15 is 0 Å². The molecule has 1 saturated carbocycles. The fourth-order valence-electron chi connectivity index (χ4n) is 3.98. The summed E-state index contributed by atoms with van der Waals surface area (Å²) < 4.78 is 11.2. The molecule has 1 aliphatic heterocycles. The van der Waals surface area contributed by atoms with E-state index in [0.29, 0.717) is 24.8 Å². The molecule has 154 valence electrons. The van der Waals surface area contributed by atoms with Crippen LogP contribution in [0.4, 0.5) is 0 Å². The molecule has 5 atom stereocenters. The van der Waals surface area contributed by atoms with E-state index in [9.17, 15) is 14.7 Å². The van der Waals surface area contributed by atoms with E-state index in [1.54, 1.807) is 37.3 Å². The molecule has 1 aromatic carbocycles. The second kappa shape index (κ2) is 8.84. The Balaban J connectivity index is 1.75. The smallest absolute Gasteiger partial charge is 0.338 e. The number of carbonyl (C=O) groups is 2. The molecule has 1 aromatic rings. The predicted octanol–water partition coefficient (Wildman–Crippen LogP) is 3.52. The number of fused-ring (bicyclic) bond motifs is 1. The minimum Gasteiger partial charge on any atom is -0.462 e. The summed E-state index contributed by atoms with van der Waals surface area (Å²) >= 11 is 0. The molecule has 29 heavy (non-hydrogen) atoms. The Bertz CT molecular complexity index is 830. The maximum absolute atomic E-state index is 12.5. The van der Waals surface area contributed by atoms with Crippen LogP contribution in [0.3, 0.4) is 0 Å². The number of aliphatic hydroxyl groups is 1. The van der Waals surface area contributed by atoms with Gasteiger partial charge in [-0.25, -0.2) is 4.79 Å². The lowest BCUT2D eigenvalue weighted by molar-refractivity contribution is -0.141. The number of hydrogen-bond donors (Lipinski definition) is 1. The van der Waals surface area contributed by atoms with Crippen molar-refractivity contribution in [3.05, 3.63) is 48.0 Å². The number of hydrogen-bond acceptors (Lipinski definition) is 5. The van der Waals surface area contributed by atoms with Crippen molar-refractivity contribution < 1.29 is 24.2 Å². The molecule has 0 aromatic heterocycles. The van der Waals surface area contributed by atoms with Gasteiger partial charge in [-0.1, -0.05) is 44.2 Å². The van der Waals surface area contributed by atoms with Gasteiger partial charge in [0.25, 0.3) is 0 Å². The second-order valence-corrected chi connectivity index (χ2v) is 8.44. The Morgan fingerprint density at radius 3 is 2.79 bits per heavy atom. The third-order valence-electron chi connectivity index (χ3n) is 5.86. The highest BCUT2D eigenvalue weighted by Crippen LogP contribution is 2.44. The highest BCUT2D eigenvalue weighted by Gasteiger charge is 2.50. The van der Waals surface area contributed by atoms with Crippen molar-refractivity contribution in [2.45, 2.75) is 58.3 Å². The van der Waals surface area contributed by atoms with Gasteiger partial charge in [0.2, 0.25) is 0 Å².